The van der Waals surface area contributed by atoms with E-state index < -0.39 is 0 Å². The molecule has 0 aliphatic carbocycles. The second-order valence-corrected chi connectivity index (χ2v) is 5.87. The Kier molecular flexibility index (Phi) is 5.80. The van der Waals surface area contributed by atoms with Crippen molar-refractivity contribution in [1.82, 2.24) is 5.32 Å². The van der Waals surface area contributed by atoms with E-state index in [0.29, 0.717) is 18.8 Å². The van der Waals surface area contributed by atoms with Gasteiger partial charge in [0.1, 0.15) is 0 Å². The van der Waals surface area contributed by atoms with E-state index in [-0.39, 0.29) is 24.2 Å². The predicted molar refractivity (Wildman–Crippen MR) is 89.5 cm³/mol. The van der Waals surface area contributed by atoms with Gasteiger partial charge >= 0.3 is 0 Å². The Morgan fingerprint density at radius 1 is 1.32 bits per heavy atom. The lowest BCUT2D eigenvalue weighted by atomic mass is 10.0. The van der Waals surface area contributed by atoms with Crippen LogP contribution in [-0.2, 0) is 16.0 Å². The molecule has 1 aromatic carbocycles. The van der Waals surface area contributed by atoms with Gasteiger partial charge in [-0.3, -0.25) is 9.59 Å². The molecule has 5 nitrogen and oxygen atoms in total. The molecule has 2 aliphatic heterocycles. The van der Waals surface area contributed by atoms with Gasteiger partial charge in [0.15, 0.2) is 0 Å². The number of aryl methyl sites for hydroxylation is 1. The van der Waals surface area contributed by atoms with Crippen LogP contribution in [0.2, 0.25) is 0 Å². The maximum Gasteiger partial charge on any atom is 0.224 e. The van der Waals surface area contributed by atoms with Crippen LogP contribution in [-0.4, -0.2) is 24.9 Å². The number of benzene rings is 1. The third-order valence-corrected chi connectivity index (χ3v) is 4.23. The zero-order valence-electron chi connectivity index (χ0n) is 12.5. The molecule has 1 fully saturated rings. The number of carbonyl (C=O) groups excluding carboxylic acids is 2. The van der Waals surface area contributed by atoms with Crippen LogP contribution in [0.15, 0.2) is 18.2 Å². The van der Waals surface area contributed by atoms with Gasteiger partial charge in [0.25, 0.3) is 0 Å². The molecule has 2 aliphatic rings. The summed E-state index contributed by atoms with van der Waals surface area (Å²) in [5.41, 5.74) is 2.77. The fourth-order valence-corrected chi connectivity index (χ4v) is 2.98. The minimum absolute atomic E-state index is 0. The molecule has 0 spiro atoms. The average Bonchev–Trinajstić information content (AvgIpc) is 2.99. The van der Waals surface area contributed by atoms with Crippen LogP contribution in [0.25, 0.3) is 0 Å². The Hall–Kier alpha value is -1.59. The van der Waals surface area contributed by atoms with E-state index in [1.165, 1.54) is 6.42 Å². The first-order valence-electron chi connectivity index (χ1n) is 7.64. The molecule has 3 N–H and O–H groups in total. The average molecular weight is 324 g/mol. The van der Waals surface area contributed by atoms with E-state index in [1.807, 2.05) is 18.2 Å². The van der Waals surface area contributed by atoms with Crippen molar-refractivity contribution >= 4 is 35.6 Å². The van der Waals surface area contributed by atoms with Crippen molar-refractivity contribution in [2.24, 2.45) is 5.92 Å². The molecule has 1 unspecified atom stereocenters. The molecule has 1 saturated heterocycles. The molecule has 1 atom stereocenters. The minimum atomic E-state index is 0. The van der Waals surface area contributed by atoms with Crippen LogP contribution in [0, 0.1) is 5.92 Å². The first kappa shape index (κ1) is 16.8. The van der Waals surface area contributed by atoms with Crippen LogP contribution in [0.3, 0.4) is 0 Å². The minimum Gasteiger partial charge on any atom is -0.326 e. The standard InChI is InChI=1S/C16H21N3O2.ClH/c20-15(5-1-11-7-8-17-10-11)18-13-3-4-14-12(9-13)2-6-16(21)19-14;/h3-4,9,11,17H,1-2,5-8,10H2,(H,18,20)(H,19,21);1H. The number of amides is 2. The summed E-state index contributed by atoms with van der Waals surface area (Å²) in [6.45, 7) is 2.11. The molecule has 0 bridgehead atoms. The van der Waals surface area contributed by atoms with Gasteiger partial charge in [0, 0.05) is 24.2 Å². The maximum absolute atomic E-state index is 12.0. The predicted octanol–water partition coefficient (Wildman–Crippen LogP) is 2.32. The molecule has 6 heteroatoms. The Balaban J connectivity index is 0.00000176. The van der Waals surface area contributed by atoms with Crippen molar-refractivity contribution in [3.05, 3.63) is 23.8 Å². The Labute approximate surface area is 136 Å². The second kappa shape index (κ2) is 7.61. The summed E-state index contributed by atoms with van der Waals surface area (Å²) in [5.74, 6) is 0.764. The molecule has 0 aromatic heterocycles. The van der Waals surface area contributed by atoms with E-state index in [1.54, 1.807) is 0 Å². The van der Waals surface area contributed by atoms with Gasteiger partial charge < -0.3 is 16.0 Å². The van der Waals surface area contributed by atoms with Crippen molar-refractivity contribution < 1.29 is 9.59 Å². The molecule has 3 rings (SSSR count). The normalized spacial score (nSPS) is 19.8. The van der Waals surface area contributed by atoms with E-state index in [9.17, 15) is 9.59 Å². The lowest BCUT2D eigenvalue weighted by molar-refractivity contribution is -0.117. The molecular weight excluding hydrogens is 302 g/mol. The fraction of sp³-hybridized carbons (Fsp3) is 0.500. The van der Waals surface area contributed by atoms with Crippen molar-refractivity contribution in [2.75, 3.05) is 23.7 Å². The molecular formula is C16H22ClN3O2. The molecule has 120 valence electrons. The Bertz CT molecular complexity index is 556. The monoisotopic (exact) mass is 323 g/mol. The lowest BCUT2D eigenvalue weighted by Crippen LogP contribution is -2.19. The zero-order chi connectivity index (χ0) is 14.7. The van der Waals surface area contributed by atoms with Gasteiger partial charge in [0.2, 0.25) is 11.8 Å². The third-order valence-electron chi connectivity index (χ3n) is 4.23. The van der Waals surface area contributed by atoms with Gasteiger partial charge in [0.05, 0.1) is 0 Å². The van der Waals surface area contributed by atoms with Crippen molar-refractivity contribution in [3.8, 4) is 0 Å². The zero-order valence-corrected chi connectivity index (χ0v) is 13.3. The summed E-state index contributed by atoms with van der Waals surface area (Å²) in [6.07, 6.45) is 3.93. The highest BCUT2D eigenvalue weighted by molar-refractivity contribution is 5.95. The number of hydrogen-bond acceptors (Lipinski definition) is 3. The highest BCUT2D eigenvalue weighted by Gasteiger charge is 2.17. The molecule has 2 heterocycles. The molecule has 0 saturated carbocycles. The van der Waals surface area contributed by atoms with E-state index in [2.05, 4.69) is 16.0 Å². The number of rotatable bonds is 4. The van der Waals surface area contributed by atoms with Gasteiger partial charge in [-0.25, -0.2) is 0 Å². The SMILES string of the molecule is Cl.O=C(CCC1CCNC1)Nc1ccc2c(c1)CCC(=O)N2. The van der Waals surface area contributed by atoms with E-state index in [4.69, 9.17) is 0 Å². The van der Waals surface area contributed by atoms with Crippen LogP contribution >= 0.6 is 12.4 Å². The first-order chi connectivity index (χ1) is 10.2. The van der Waals surface area contributed by atoms with Gasteiger partial charge in [-0.05, 0) is 62.0 Å². The van der Waals surface area contributed by atoms with E-state index >= 15 is 0 Å². The summed E-state index contributed by atoms with van der Waals surface area (Å²) in [6, 6.07) is 5.67. The molecule has 2 amide bonds. The van der Waals surface area contributed by atoms with Crippen LogP contribution in [0.5, 0.6) is 0 Å². The number of fused-ring (bicyclic) bond motifs is 1. The summed E-state index contributed by atoms with van der Waals surface area (Å²) in [5, 5.41) is 9.12. The highest BCUT2D eigenvalue weighted by atomic mass is 35.5. The fourth-order valence-electron chi connectivity index (χ4n) is 2.98. The molecule has 1 aromatic rings. The number of nitrogens with one attached hydrogen (secondary N) is 3. The molecule has 22 heavy (non-hydrogen) atoms. The quantitative estimate of drug-likeness (QED) is 0.796. The van der Waals surface area contributed by atoms with Gasteiger partial charge in [-0.2, -0.15) is 0 Å². The number of hydrogen-bond donors (Lipinski definition) is 3. The van der Waals surface area contributed by atoms with Gasteiger partial charge in [-0.15, -0.1) is 12.4 Å². The van der Waals surface area contributed by atoms with Crippen molar-refractivity contribution in [3.63, 3.8) is 0 Å². The van der Waals surface area contributed by atoms with Crippen LogP contribution < -0.4 is 16.0 Å². The van der Waals surface area contributed by atoms with Crippen molar-refractivity contribution in [1.29, 1.82) is 0 Å². The summed E-state index contributed by atoms with van der Waals surface area (Å²) >= 11 is 0. The Morgan fingerprint density at radius 3 is 2.95 bits per heavy atom. The largest absolute Gasteiger partial charge is 0.326 e. The number of anilines is 2. The number of halogens is 1. The topological polar surface area (TPSA) is 70.2 Å². The van der Waals surface area contributed by atoms with Crippen LogP contribution in [0.1, 0.15) is 31.2 Å². The second-order valence-electron chi connectivity index (χ2n) is 5.87. The maximum atomic E-state index is 12.0. The summed E-state index contributed by atoms with van der Waals surface area (Å²) in [7, 11) is 0. The first-order valence-corrected chi connectivity index (χ1v) is 7.64. The van der Waals surface area contributed by atoms with Crippen LogP contribution in [0.4, 0.5) is 11.4 Å². The number of carbonyl (C=O) groups is 2. The lowest BCUT2D eigenvalue weighted by Gasteiger charge is -2.18. The van der Waals surface area contributed by atoms with Crippen molar-refractivity contribution in [2.45, 2.75) is 32.1 Å². The molecule has 0 radical (unpaired) electrons. The summed E-state index contributed by atoms with van der Waals surface area (Å²) in [4.78, 5) is 23.3. The Morgan fingerprint density at radius 2 is 2.18 bits per heavy atom. The summed E-state index contributed by atoms with van der Waals surface area (Å²) < 4.78 is 0. The highest BCUT2D eigenvalue weighted by Crippen LogP contribution is 2.26. The van der Waals surface area contributed by atoms with Gasteiger partial charge in [-0.1, -0.05) is 0 Å². The van der Waals surface area contributed by atoms with E-state index in [0.717, 1.165) is 42.9 Å². The smallest absolute Gasteiger partial charge is 0.224 e. The third kappa shape index (κ3) is 4.21.